The van der Waals surface area contributed by atoms with Gasteiger partial charge in [-0.3, -0.25) is 0 Å². The quantitative estimate of drug-likeness (QED) is 0.521. The van der Waals surface area contributed by atoms with Crippen LogP contribution in [0.15, 0.2) is 53.0 Å². The van der Waals surface area contributed by atoms with Gasteiger partial charge in [0.2, 0.25) is 4.96 Å². The molecule has 0 spiro atoms. The van der Waals surface area contributed by atoms with Crippen molar-refractivity contribution in [2.24, 2.45) is 0 Å². The summed E-state index contributed by atoms with van der Waals surface area (Å²) in [6.45, 7) is 0. The van der Waals surface area contributed by atoms with Crippen LogP contribution in [0, 0.1) is 5.82 Å². The lowest BCUT2D eigenvalue weighted by atomic mass is 10.2. The van der Waals surface area contributed by atoms with Gasteiger partial charge in [0.05, 0.1) is 0 Å². The normalized spacial score (nSPS) is 11.2. The van der Waals surface area contributed by atoms with Crippen LogP contribution in [0.25, 0.3) is 26.9 Å². The van der Waals surface area contributed by atoms with Crippen molar-refractivity contribution in [3.63, 3.8) is 0 Å². The highest BCUT2D eigenvalue weighted by Crippen LogP contribution is 2.32. The molecule has 0 radical (unpaired) electrons. The van der Waals surface area contributed by atoms with Crippen LogP contribution in [0.2, 0.25) is 0 Å². The minimum absolute atomic E-state index is 0.281. The van der Waals surface area contributed by atoms with Crippen LogP contribution in [-0.2, 0) is 0 Å². The molecule has 2 aromatic carbocycles. The van der Waals surface area contributed by atoms with Crippen molar-refractivity contribution in [2.45, 2.75) is 0 Å². The summed E-state index contributed by atoms with van der Waals surface area (Å²) in [5.41, 5.74) is 1.78. The standard InChI is InChI=1S/C15H8BrFN4S/c16-12-4-2-1-3-11(12)14-20-21-13(18-19-15(21)22-14)9-5-7-10(17)8-6-9/h1-8H. The first-order valence-corrected chi connectivity index (χ1v) is 8.06. The van der Waals surface area contributed by atoms with E-state index in [9.17, 15) is 4.39 Å². The summed E-state index contributed by atoms with van der Waals surface area (Å²) in [6.07, 6.45) is 0. The highest BCUT2D eigenvalue weighted by atomic mass is 79.9. The van der Waals surface area contributed by atoms with Crippen LogP contribution < -0.4 is 0 Å². The minimum atomic E-state index is -0.281. The van der Waals surface area contributed by atoms with E-state index in [0.29, 0.717) is 10.8 Å². The number of nitrogens with zero attached hydrogens (tertiary/aromatic N) is 4. The van der Waals surface area contributed by atoms with Gasteiger partial charge in [-0.2, -0.15) is 9.61 Å². The number of hydrogen-bond donors (Lipinski definition) is 0. The molecule has 0 amide bonds. The maximum absolute atomic E-state index is 13.1. The van der Waals surface area contributed by atoms with Crippen LogP contribution in [0.1, 0.15) is 0 Å². The van der Waals surface area contributed by atoms with E-state index in [2.05, 4.69) is 31.2 Å². The van der Waals surface area contributed by atoms with Gasteiger partial charge < -0.3 is 0 Å². The Bertz CT molecular complexity index is 961. The zero-order chi connectivity index (χ0) is 15.1. The van der Waals surface area contributed by atoms with E-state index in [1.807, 2.05) is 24.3 Å². The summed E-state index contributed by atoms with van der Waals surface area (Å²) in [4.78, 5) is 0.699. The molecule has 22 heavy (non-hydrogen) atoms. The van der Waals surface area contributed by atoms with Crippen LogP contribution in [0.3, 0.4) is 0 Å². The van der Waals surface area contributed by atoms with Crippen molar-refractivity contribution in [1.29, 1.82) is 0 Å². The molecule has 0 unspecified atom stereocenters. The molecule has 108 valence electrons. The Morgan fingerprint density at radius 2 is 1.77 bits per heavy atom. The van der Waals surface area contributed by atoms with Crippen LogP contribution in [0.4, 0.5) is 4.39 Å². The highest BCUT2D eigenvalue weighted by molar-refractivity contribution is 9.10. The van der Waals surface area contributed by atoms with Crippen LogP contribution >= 0.6 is 27.3 Å². The second kappa shape index (κ2) is 5.26. The van der Waals surface area contributed by atoms with Gasteiger partial charge in [0.25, 0.3) is 0 Å². The Labute approximate surface area is 137 Å². The predicted molar refractivity (Wildman–Crippen MR) is 87.2 cm³/mol. The smallest absolute Gasteiger partial charge is 0.207 e. The van der Waals surface area contributed by atoms with E-state index in [1.165, 1.54) is 23.5 Å². The molecule has 0 aliphatic heterocycles. The summed E-state index contributed by atoms with van der Waals surface area (Å²) >= 11 is 4.99. The van der Waals surface area contributed by atoms with Crippen LogP contribution in [-0.4, -0.2) is 19.8 Å². The molecule has 2 heterocycles. The molecule has 4 aromatic rings. The van der Waals surface area contributed by atoms with Gasteiger partial charge in [0, 0.05) is 15.6 Å². The monoisotopic (exact) mass is 374 g/mol. The Hall–Kier alpha value is -2.12. The average Bonchev–Trinajstić information content (AvgIpc) is 3.09. The summed E-state index contributed by atoms with van der Waals surface area (Å²) in [7, 11) is 0. The van der Waals surface area contributed by atoms with Crippen molar-refractivity contribution in [2.75, 3.05) is 0 Å². The van der Waals surface area contributed by atoms with Crippen molar-refractivity contribution < 1.29 is 4.39 Å². The number of halogens is 2. The summed E-state index contributed by atoms with van der Waals surface area (Å²) in [6, 6.07) is 14.0. The van der Waals surface area contributed by atoms with Gasteiger partial charge >= 0.3 is 0 Å². The topological polar surface area (TPSA) is 43.1 Å². The lowest BCUT2D eigenvalue weighted by molar-refractivity contribution is 0.628. The van der Waals surface area contributed by atoms with E-state index in [0.717, 1.165) is 20.6 Å². The third kappa shape index (κ3) is 2.22. The van der Waals surface area contributed by atoms with E-state index in [-0.39, 0.29) is 5.82 Å². The molecule has 4 nitrogen and oxygen atoms in total. The van der Waals surface area contributed by atoms with Gasteiger partial charge in [-0.05, 0) is 30.3 Å². The van der Waals surface area contributed by atoms with Gasteiger partial charge in [-0.15, -0.1) is 10.2 Å². The molecule has 4 rings (SSSR count). The molecular weight excluding hydrogens is 367 g/mol. The molecule has 0 fully saturated rings. The number of fused-ring (bicyclic) bond motifs is 1. The Morgan fingerprint density at radius 3 is 2.55 bits per heavy atom. The second-order valence-corrected chi connectivity index (χ2v) is 6.42. The van der Waals surface area contributed by atoms with E-state index < -0.39 is 0 Å². The average molecular weight is 375 g/mol. The first-order valence-electron chi connectivity index (χ1n) is 6.45. The third-order valence-corrected chi connectivity index (χ3v) is 4.82. The zero-order valence-corrected chi connectivity index (χ0v) is 13.5. The predicted octanol–water partition coefficient (Wildman–Crippen LogP) is 4.42. The third-order valence-electron chi connectivity index (χ3n) is 3.20. The second-order valence-electron chi connectivity index (χ2n) is 4.61. The van der Waals surface area contributed by atoms with Crippen molar-refractivity contribution in [3.05, 3.63) is 58.8 Å². The van der Waals surface area contributed by atoms with E-state index >= 15 is 0 Å². The first-order chi connectivity index (χ1) is 10.7. The molecule has 0 bridgehead atoms. The van der Waals surface area contributed by atoms with Crippen LogP contribution in [0.5, 0.6) is 0 Å². The number of aromatic nitrogens is 4. The first kappa shape index (κ1) is 13.5. The molecular formula is C15H8BrFN4S. The lowest BCUT2D eigenvalue weighted by Gasteiger charge is -1.99. The number of rotatable bonds is 2. The van der Waals surface area contributed by atoms with Gasteiger partial charge in [-0.25, -0.2) is 4.39 Å². The summed E-state index contributed by atoms with van der Waals surface area (Å²) in [5.74, 6) is 0.321. The van der Waals surface area contributed by atoms with Crippen molar-refractivity contribution >= 4 is 32.2 Å². The largest absolute Gasteiger partial charge is 0.235 e. The fourth-order valence-corrected chi connectivity index (χ4v) is 3.62. The molecule has 0 aliphatic carbocycles. The Morgan fingerprint density at radius 1 is 1.00 bits per heavy atom. The summed E-state index contributed by atoms with van der Waals surface area (Å²) < 4.78 is 15.7. The fourth-order valence-electron chi connectivity index (χ4n) is 2.14. The molecule has 2 aromatic heterocycles. The molecule has 0 aliphatic rings. The van der Waals surface area contributed by atoms with Gasteiger partial charge in [-0.1, -0.05) is 45.5 Å². The maximum Gasteiger partial charge on any atom is 0.235 e. The van der Waals surface area contributed by atoms with Gasteiger partial charge in [0.15, 0.2) is 5.82 Å². The van der Waals surface area contributed by atoms with E-state index in [4.69, 9.17) is 0 Å². The molecule has 0 atom stereocenters. The Kier molecular flexibility index (Phi) is 3.24. The highest BCUT2D eigenvalue weighted by Gasteiger charge is 2.15. The fraction of sp³-hybridized carbons (Fsp3) is 0. The SMILES string of the molecule is Fc1ccc(-c2nnc3sc(-c4ccccc4Br)nn23)cc1. The molecule has 0 N–H and O–H groups in total. The van der Waals surface area contributed by atoms with Crippen molar-refractivity contribution in [1.82, 2.24) is 19.8 Å². The molecule has 0 saturated heterocycles. The number of hydrogen-bond acceptors (Lipinski definition) is 4. The Balaban J connectivity index is 1.86. The summed E-state index contributed by atoms with van der Waals surface area (Å²) in [5, 5.41) is 13.7. The lowest BCUT2D eigenvalue weighted by Crippen LogP contribution is -1.91. The molecule has 0 saturated carbocycles. The minimum Gasteiger partial charge on any atom is -0.207 e. The molecule has 7 heteroatoms. The van der Waals surface area contributed by atoms with E-state index in [1.54, 1.807) is 16.6 Å². The van der Waals surface area contributed by atoms with Crippen molar-refractivity contribution in [3.8, 4) is 22.0 Å². The zero-order valence-electron chi connectivity index (χ0n) is 11.1. The maximum atomic E-state index is 13.1. The number of benzene rings is 2. The van der Waals surface area contributed by atoms with Gasteiger partial charge in [0.1, 0.15) is 10.8 Å².